The van der Waals surface area contributed by atoms with Gasteiger partial charge in [0.2, 0.25) is 5.91 Å². The number of benzene rings is 3. The molecule has 4 rings (SSSR count). The second-order valence-corrected chi connectivity index (χ2v) is 11.7. The van der Waals surface area contributed by atoms with Crippen molar-refractivity contribution in [2.45, 2.75) is 64.5 Å². The van der Waals surface area contributed by atoms with Crippen molar-refractivity contribution in [3.63, 3.8) is 0 Å². The van der Waals surface area contributed by atoms with Crippen molar-refractivity contribution in [3.8, 4) is 0 Å². The molecule has 3 atom stereocenters. The predicted molar refractivity (Wildman–Crippen MR) is 176 cm³/mol. The van der Waals surface area contributed by atoms with Crippen LogP contribution in [0.2, 0.25) is 0 Å². The number of imide groups is 1. The van der Waals surface area contributed by atoms with E-state index in [0.717, 1.165) is 30.2 Å². The van der Waals surface area contributed by atoms with Gasteiger partial charge in [0, 0.05) is 25.5 Å². The third-order valence-electron chi connectivity index (χ3n) is 8.08. The quantitative estimate of drug-likeness (QED) is 0.115. The first kappa shape index (κ1) is 35.0. The van der Waals surface area contributed by atoms with Gasteiger partial charge < -0.3 is 14.6 Å². The number of ether oxygens (including phenoxy) is 2. The Labute approximate surface area is 275 Å². The normalized spacial score (nSPS) is 15.9. The van der Waals surface area contributed by atoms with Crippen LogP contribution in [-0.4, -0.2) is 58.9 Å². The van der Waals surface area contributed by atoms with E-state index in [1.165, 1.54) is 6.08 Å². The zero-order valence-corrected chi connectivity index (χ0v) is 26.8. The second kappa shape index (κ2) is 17.1. The van der Waals surface area contributed by atoms with Crippen molar-refractivity contribution in [1.82, 2.24) is 4.90 Å². The summed E-state index contributed by atoms with van der Waals surface area (Å²) in [5.74, 6) is -3.85. The van der Waals surface area contributed by atoms with Gasteiger partial charge in [-0.25, -0.2) is 9.69 Å². The molecular formula is C38H41NO8. The summed E-state index contributed by atoms with van der Waals surface area (Å²) < 4.78 is 10.9. The number of nitrogens with zero attached hydrogens (tertiary/aromatic N) is 1. The topological polar surface area (TPSA) is 127 Å². The highest BCUT2D eigenvalue weighted by molar-refractivity contribution is 6.25. The molecule has 0 radical (unpaired) electrons. The van der Waals surface area contributed by atoms with Crippen LogP contribution in [0, 0.1) is 12.8 Å². The van der Waals surface area contributed by atoms with Crippen LogP contribution in [0.1, 0.15) is 67.3 Å². The maximum atomic E-state index is 14.4. The van der Waals surface area contributed by atoms with E-state index in [-0.39, 0.29) is 37.4 Å². The van der Waals surface area contributed by atoms with Crippen molar-refractivity contribution in [2.24, 2.45) is 5.92 Å². The fourth-order valence-electron chi connectivity index (χ4n) is 5.72. The monoisotopic (exact) mass is 639 g/mol. The van der Waals surface area contributed by atoms with Gasteiger partial charge in [-0.15, -0.1) is 0 Å². The molecule has 1 N–H and O–H groups in total. The fraction of sp³-hybridized carbons (Fsp3) is 0.342. The van der Waals surface area contributed by atoms with Gasteiger partial charge in [0.1, 0.15) is 12.6 Å². The molecule has 47 heavy (non-hydrogen) atoms. The highest BCUT2D eigenvalue weighted by Crippen LogP contribution is 2.32. The number of aryl methyl sites for hydroxylation is 1. The van der Waals surface area contributed by atoms with Crippen molar-refractivity contribution in [1.29, 1.82) is 0 Å². The Bertz CT molecular complexity index is 1580. The molecule has 0 aromatic heterocycles. The largest absolute Gasteiger partial charge is 0.453 e. The first-order chi connectivity index (χ1) is 22.7. The van der Waals surface area contributed by atoms with E-state index in [9.17, 15) is 24.0 Å². The number of ketones is 2. The number of aliphatic hydroxyl groups is 1. The standard InChI is InChI=1S/C38H41NO8/c1-26-14-13-19-30(22-26)31(34(42)20-11-3-4-12-21-40)24-35(43)36(47-27(2)41)32(23-28-15-7-5-8-16-28)37(44)39-33(25-46-38(39)45)29-17-9-6-10-18-29/h5-10,13-19,22,24,32-33,36,40H,3-4,11-12,20-21,23,25H2,1-2H3/t32-,33+,36-/m0/s1. The smallest absolute Gasteiger partial charge is 0.417 e. The molecule has 0 saturated carbocycles. The summed E-state index contributed by atoms with van der Waals surface area (Å²) in [5.41, 5.74) is 2.91. The molecule has 1 saturated heterocycles. The van der Waals surface area contributed by atoms with Crippen LogP contribution in [-0.2, 0) is 35.1 Å². The number of cyclic esters (lactones) is 1. The Morgan fingerprint density at radius 1 is 0.936 bits per heavy atom. The van der Waals surface area contributed by atoms with Gasteiger partial charge in [-0.2, -0.15) is 0 Å². The number of hydrogen-bond acceptors (Lipinski definition) is 8. The highest BCUT2D eigenvalue weighted by atomic mass is 16.6. The van der Waals surface area contributed by atoms with Gasteiger partial charge in [0.25, 0.3) is 0 Å². The minimum atomic E-state index is -1.64. The summed E-state index contributed by atoms with van der Waals surface area (Å²) in [6.07, 6.45) is 1.53. The predicted octanol–water partition coefficient (Wildman–Crippen LogP) is 5.97. The van der Waals surface area contributed by atoms with E-state index >= 15 is 0 Å². The zero-order valence-electron chi connectivity index (χ0n) is 26.8. The summed E-state index contributed by atoms with van der Waals surface area (Å²) in [5, 5.41) is 9.08. The van der Waals surface area contributed by atoms with Gasteiger partial charge in [0.15, 0.2) is 17.7 Å². The number of amides is 2. The number of hydrogen-bond donors (Lipinski definition) is 1. The Morgan fingerprint density at radius 3 is 2.28 bits per heavy atom. The number of carbonyl (C=O) groups excluding carboxylic acids is 5. The van der Waals surface area contributed by atoms with E-state index < -0.39 is 41.8 Å². The summed E-state index contributed by atoms with van der Waals surface area (Å²) in [7, 11) is 0. The Kier molecular flexibility index (Phi) is 12.8. The van der Waals surface area contributed by atoms with Crippen LogP contribution in [0.4, 0.5) is 4.79 Å². The lowest BCUT2D eigenvalue weighted by Crippen LogP contribution is -2.47. The van der Waals surface area contributed by atoms with Crippen LogP contribution in [0.5, 0.6) is 0 Å². The third-order valence-corrected chi connectivity index (χ3v) is 8.08. The lowest BCUT2D eigenvalue weighted by atomic mass is 9.87. The first-order valence-corrected chi connectivity index (χ1v) is 15.9. The molecule has 0 aliphatic carbocycles. The summed E-state index contributed by atoms with van der Waals surface area (Å²) in [6.45, 7) is 3.03. The highest BCUT2D eigenvalue weighted by Gasteiger charge is 2.46. The molecule has 1 aliphatic heterocycles. The molecule has 246 valence electrons. The van der Waals surface area contributed by atoms with E-state index in [4.69, 9.17) is 14.6 Å². The summed E-state index contributed by atoms with van der Waals surface area (Å²) in [4.78, 5) is 68.8. The fourth-order valence-corrected chi connectivity index (χ4v) is 5.72. The molecule has 9 nitrogen and oxygen atoms in total. The number of esters is 1. The lowest BCUT2D eigenvalue weighted by Gasteiger charge is -2.29. The van der Waals surface area contributed by atoms with Crippen LogP contribution in [0.15, 0.2) is 91.0 Å². The number of Topliss-reactive ketones (excluding diaryl/α,β-unsaturated/α-hetero) is 1. The second-order valence-electron chi connectivity index (χ2n) is 11.7. The lowest BCUT2D eigenvalue weighted by molar-refractivity contribution is -0.158. The molecule has 0 unspecified atom stereocenters. The average Bonchev–Trinajstić information content (AvgIpc) is 3.46. The average molecular weight is 640 g/mol. The first-order valence-electron chi connectivity index (χ1n) is 15.9. The SMILES string of the molecule is CC(=O)O[C@H](C(=O)C=C(C(=O)CCCCCCO)c1cccc(C)c1)[C@H](Cc1ccccc1)C(=O)N1C(=O)OC[C@@H]1c1ccccc1. The minimum absolute atomic E-state index is 0.0267. The Hall–Kier alpha value is -4.89. The van der Waals surface area contributed by atoms with E-state index in [0.29, 0.717) is 29.5 Å². The number of rotatable bonds is 16. The van der Waals surface area contributed by atoms with Crippen molar-refractivity contribution >= 4 is 35.1 Å². The molecule has 1 heterocycles. The molecule has 9 heteroatoms. The molecule has 0 spiro atoms. The van der Waals surface area contributed by atoms with Gasteiger partial charge in [-0.05, 0) is 49.0 Å². The molecule has 1 aliphatic rings. The Balaban J connectivity index is 1.75. The van der Waals surface area contributed by atoms with Crippen molar-refractivity contribution < 1.29 is 38.6 Å². The van der Waals surface area contributed by atoms with Gasteiger partial charge in [-0.1, -0.05) is 103 Å². The third kappa shape index (κ3) is 9.56. The Morgan fingerprint density at radius 2 is 1.62 bits per heavy atom. The molecule has 2 amide bonds. The van der Waals surface area contributed by atoms with Crippen LogP contribution in [0.3, 0.4) is 0 Å². The maximum Gasteiger partial charge on any atom is 0.417 e. The van der Waals surface area contributed by atoms with Crippen molar-refractivity contribution in [3.05, 3.63) is 113 Å². The van der Waals surface area contributed by atoms with E-state index in [1.54, 1.807) is 66.7 Å². The van der Waals surface area contributed by atoms with Crippen molar-refractivity contribution in [2.75, 3.05) is 13.2 Å². The summed E-state index contributed by atoms with van der Waals surface area (Å²) >= 11 is 0. The maximum absolute atomic E-state index is 14.4. The minimum Gasteiger partial charge on any atom is -0.453 e. The molecular weight excluding hydrogens is 598 g/mol. The van der Waals surface area contributed by atoms with E-state index in [2.05, 4.69) is 0 Å². The number of carbonyl (C=O) groups is 5. The van der Waals surface area contributed by atoms with Crippen LogP contribution in [0.25, 0.3) is 5.57 Å². The van der Waals surface area contributed by atoms with Gasteiger partial charge in [0.05, 0.1) is 5.92 Å². The van der Waals surface area contributed by atoms with Crippen LogP contribution >= 0.6 is 0 Å². The number of unbranched alkanes of at least 4 members (excludes halogenated alkanes) is 3. The molecule has 3 aromatic carbocycles. The van der Waals surface area contributed by atoms with Crippen LogP contribution < -0.4 is 0 Å². The van der Waals surface area contributed by atoms with Gasteiger partial charge in [-0.3, -0.25) is 19.2 Å². The number of allylic oxidation sites excluding steroid dienone is 1. The molecule has 0 bridgehead atoms. The molecule has 1 fully saturated rings. The molecule has 3 aromatic rings. The number of aliphatic hydroxyl groups excluding tert-OH is 1. The van der Waals surface area contributed by atoms with Gasteiger partial charge >= 0.3 is 12.1 Å². The van der Waals surface area contributed by atoms with E-state index in [1.807, 2.05) is 25.1 Å². The summed E-state index contributed by atoms with van der Waals surface area (Å²) in [6, 6.07) is 24.3. The zero-order chi connectivity index (χ0) is 33.8.